The second-order valence-corrected chi connectivity index (χ2v) is 4.60. The van der Waals surface area contributed by atoms with E-state index in [2.05, 4.69) is 10.4 Å². The first kappa shape index (κ1) is 13.3. The smallest absolute Gasteiger partial charge is 0.159 e. The maximum atomic E-state index is 13.1. The molecular formula is C16H13F2N3. The second kappa shape index (κ2) is 5.75. The number of benzene rings is 2. The van der Waals surface area contributed by atoms with Gasteiger partial charge in [-0.1, -0.05) is 12.1 Å². The molecule has 3 rings (SSSR count). The number of anilines is 1. The third kappa shape index (κ3) is 3.08. The normalized spacial score (nSPS) is 10.6. The van der Waals surface area contributed by atoms with Crippen LogP contribution < -0.4 is 5.32 Å². The summed E-state index contributed by atoms with van der Waals surface area (Å²) in [5.41, 5.74) is 2.49. The minimum absolute atomic E-state index is 0.416. The van der Waals surface area contributed by atoms with Crippen LogP contribution in [-0.4, -0.2) is 9.78 Å². The molecule has 0 atom stereocenters. The molecule has 3 nitrogen and oxygen atoms in total. The van der Waals surface area contributed by atoms with Crippen LogP contribution in [-0.2, 0) is 6.54 Å². The minimum Gasteiger partial charge on any atom is -0.381 e. The molecule has 0 unspecified atom stereocenters. The lowest BCUT2D eigenvalue weighted by molar-refractivity contribution is 0.507. The summed E-state index contributed by atoms with van der Waals surface area (Å²) >= 11 is 0. The number of aromatic nitrogens is 2. The molecule has 2 aromatic carbocycles. The topological polar surface area (TPSA) is 29.9 Å². The van der Waals surface area contributed by atoms with E-state index in [9.17, 15) is 8.78 Å². The third-order valence-electron chi connectivity index (χ3n) is 3.10. The molecule has 1 N–H and O–H groups in total. The van der Waals surface area contributed by atoms with Gasteiger partial charge in [-0.15, -0.1) is 0 Å². The molecule has 0 amide bonds. The zero-order chi connectivity index (χ0) is 14.7. The average Bonchev–Trinajstić information content (AvgIpc) is 3.03. The Labute approximate surface area is 120 Å². The van der Waals surface area contributed by atoms with Gasteiger partial charge in [0.25, 0.3) is 0 Å². The fraction of sp³-hybridized carbons (Fsp3) is 0.0625. The minimum atomic E-state index is -0.834. The van der Waals surface area contributed by atoms with Crippen molar-refractivity contribution in [2.24, 2.45) is 0 Å². The molecule has 5 heteroatoms. The zero-order valence-corrected chi connectivity index (χ0v) is 11.1. The lowest BCUT2D eigenvalue weighted by Crippen LogP contribution is -2.02. The summed E-state index contributed by atoms with van der Waals surface area (Å²) < 4.78 is 27.8. The molecule has 0 aliphatic heterocycles. The van der Waals surface area contributed by atoms with Gasteiger partial charge in [-0.2, -0.15) is 5.10 Å². The number of hydrogen-bond acceptors (Lipinski definition) is 2. The van der Waals surface area contributed by atoms with Crippen LogP contribution in [0.15, 0.2) is 60.9 Å². The predicted molar refractivity (Wildman–Crippen MR) is 77.2 cm³/mol. The molecule has 0 saturated carbocycles. The van der Waals surface area contributed by atoms with Crippen molar-refractivity contribution in [2.45, 2.75) is 6.54 Å². The van der Waals surface area contributed by atoms with Crippen LogP contribution in [0.2, 0.25) is 0 Å². The Morgan fingerprint density at radius 1 is 1.00 bits per heavy atom. The third-order valence-corrected chi connectivity index (χ3v) is 3.10. The number of nitrogens with zero attached hydrogens (tertiary/aromatic N) is 2. The van der Waals surface area contributed by atoms with Gasteiger partial charge in [0.15, 0.2) is 11.6 Å². The van der Waals surface area contributed by atoms with Crippen molar-refractivity contribution in [2.75, 3.05) is 5.32 Å². The fourth-order valence-corrected chi connectivity index (χ4v) is 2.03. The predicted octanol–water partition coefficient (Wildman–Crippen LogP) is 3.76. The molecule has 1 heterocycles. The molecule has 3 aromatic rings. The van der Waals surface area contributed by atoms with E-state index >= 15 is 0 Å². The van der Waals surface area contributed by atoms with Gasteiger partial charge in [-0.3, -0.25) is 0 Å². The van der Waals surface area contributed by atoms with E-state index in [1.54, 1.807) is 16.9 Å². The fourth-order valence-electron chi connectivity index (χ4n) is 2.03. The lowest BCUT2D eigenvalue weighted by Gasteiger charge is -2.09. The first-order chi connectivity index (χ1) is 10.2. The second-order valence-electron chi connectivity index (χ2n) is 4.60. The van der Waals surface area contributed by atoms with E-state index in [0.29, 0.717) is 12.1 Å². The van der Waals surface area contributed by atoms with Crippen molar-refractivity contribution in [1.82, 2.24) is 9.78 Å². The number of rotatable bonds is 4. The van der Waals surface area contributed by atoms with E-state index in [4.69, 9.17) is 0 Å². The summed E-state index contributed by atoms with van der Waals surface area (Å²) in [5, 5.41) is 7.34. The van der Waals surface area contributed by atoms with Gasteiger partial charge >= 0.3 is 0 Å². The summed E-state index contributed by atoms with van der Waals surface area (Å²) in [6.45, 7) is 0.416. The van der Waals surface area contributed by atoms with Crippen molar-refractivity contribution in [1.29, 1.82) is 0 Å². The van der Waals surface area contributed by atoms with Crippen molar-refractivity contribution in [3.63, 3.8) is 0 Å². The van der Waals surface area contributed by atoms with Crippen LogP contribution in [0.25, 0.3) is 5.69 Å². The van der Waals surface area contributed by atoms with Gasteiger partial charge < -0.3 is 5.32 Å². The largest absolute Gasteiger partial charge is 0.381 e. The van der Waals surface area contributed by atoms with Crippen LogP contribution in [0.5, 0.6) is 0 Å². The summed E-state index contributed by atoms with van der Waals surface area (Å²) in [6.07, 6.45) is 3.57. The average molecular weight is 285 g/mol. The summed E-state index contributed by atoms with van der Waals surface area (Å²) in [7, 11) is 0. The SMILES string of the molecule is Fc1ccc(CNc2cccc(-n3cccn3)c2)cc1F. The molecule has 0 spiro atoms. The Morgan fingerprint density at radius 2 is 1.90 bits per heavy atom. The Bertz CT molecular complexity index is 739. The van der Waals surface area contributed by atoms with Crippen molar-refractivity contribution >= 4 is 5.69 Å². The molecule has 0 saturated heterocycles. The van der Waals surface area contributed by atoms with E-state index < -0.39 is 11.6 Å². The van der Waals surface area contributed by atoms with Crippen molar-refractivity contribution in [3.05, 3.63) is 78.1 Å². The first-order valence-electron chi connectivity index (χ1n) is 6.50. The molecular weight excluding hydrogens is 272 g/mol. The van der Waals surface area contributed by atoms with Gasteiger partial charge in [-0.25, -0.2) is 13.5 Å². The number of halogens is 2. The van der Waals surface area contributed by atoms with E-state index in [0.717, 1.165) is 17.4 Å². The molecule has 1 aromatic heterocycles. The molecule has 0 aliphatic carbocycles. The van der Waals surface area contributed by atoms with E-state index in [1.807, 2.05) is 36.5 Å². The highest BCUT2D eigenvalue weighted by Gasteiger charge is 2.03. The summed E-state index contributed by atoms with van der Waals surface area (Å²) in [5.74, 6) is -1.67. The van der Waals surface area contributed by atoms with Crippen LogP contribution in [0.1, 0.15) is 5.56 Å². The molecule has 0 fully saturated rings. The van der Waals surface area contributed by atoms with Gasteiger partial charge in [0, 0.05) is 24.6 Å². The zero-order valence-electron chi connectivity index (χ0n) is 11.1. The van der Waals surface area contributed by atoms with Crippen LogP contribution in [0.4, 0.5) is 14.5 Å². The quantitative estimate of drug-likeness (QED) is 0.791. The highest BCUT2D eigenvalue weighted by atomic mass is 19.2. The standard InChI is InChI=1S/C16H13F2N3/c17-15-6-5-12(9-16(15)18)11-19-13-3-1-4-14(10-13)21-8-2-7-20-21/h1-10,19H,11H2. The first-order valence-corrected chi connectivity index (χ1v) is 6.50. The molecule has 0 aliphatic rings. The molecule has 0 bridgehead atoms. The lowest BCUT2D eigenvalue weighted by atomic mass is 10.2. The molecule has 21 heavy (non-hydrogen) atoms. The Morgan fingerprint density at radius 3 is 2.67 bits per heavy atom. The maximum absolute atomic E-state index is 13.1. The highest BCUT2D eigenvalue weighted by Crippen LogP contribution is 2.16. The van der Waals surface area contributed by atoms with E-state index in [1.165, 1.54) is 6.07 Å². The monoisotopic (exact) mass is 285 g/mol. The highest BCUT2D eigenvalue weighted by molar-refractivity contribution is 5.51. The van der Waals surface area contributed by atoms with Gasteiger partial charge in [0.05, 0.1) is 5.69 Å². The molecule has 106 valence electrons. The van der Waals surface area contributed by atoms with E-state index in [-0.39, 0.29) is 0 Å². The summed E-state index contributed by atoms with van der Waals surface area (Å²) in [4.78, 5) is 0. The van der Waals surface area contributed by atoms with Crippen LogP contribution >= 0.6 is 0 Å². The van der Waals surface area contributed by atoms with Crippen LogP contribution in [0.3, 0.4) is 0 Å². The van der Waals surface area contributed by atoms with Gasteiger partial charge in [0.2, 0.25) is 0 Å². The van der Waals surface area contributed by atoms with Crippen LogP contribution in [0, 0.1) is 11.6 Å². The number of hydrogen-bond donors (Lipinski definition) is 1. The van der Waals surface area contributed by atoms with Gasteiger partial charge in [-0.05, 0) is 42.0 Å². The maximum Gasteiger partial charge on any atom is 0.159 e. The Hall–Kier alpha value is -2.69. The number of nitrogens with one attached hydrogen (secondary N) is 1. The van der Waals surface area contributed by atoms with Gasteiger partial charge in [0.1, 0.15) is 0 Å². The van der Waals surface area contributed by atoms with Crippen molar-refractivity contribution < 1.29 is 8.78 Å². The molecule has 0 radical (unpaired) electrons. The van der Waals surface area contributed by atoms with Crippen molar-refractivity contribution in [3.8, 4) is 5.69 Å². The summed E-state index contributed by atoms with van der Waals surface area (Å²) in [6, 6.07) is 13.4. The Balaban J connectivity index is 1.73. The Kier molecular flexibility index (Phi) is 3.64.